The molecule has 0 atom stereocenters. The molecule has 18 heavy (non-hydrogen) atoms. The van der Waals surface area contributed by atoms with Crippen LogP contribution in [0.5, 0.6) is 0 Å². The van der Waals surface area contributed by atoms with Crippen molar-refractivity contribution in [3.8, 4) is 0 Å². The van der Waals surface area contributed by atoms with Gasteiger partial charge < -0.3 is 10.1 Å². The first kappa shape index (κ1) is 13.4. The highest BCUT2D eigenvalue weighted by Crippen LogP contribution is 2.15. The van der Waals surface area contributed by atoms with Crippen LogP contribution >= 0.6 is 12.6 Å². The molecule has 1 saturated heterocycles. The van der Waals surface area contributed by atoms with Crippen molar-refractivity contribution < 1.29 is 13.9 Å². The lowest BCUT2D eigenvalue weighted by atomic mass is 10.0. The van der Waals surface area contributed by atoms with Crippen molar-refractivity contribution in [2.75, 3.05) is 19.8 Å². The molecule has 1 aromatic carbocycles. The van der Waals surface area contributed by atoms with E-state index in [2.05, 4.69) is 17.9 Å². The predicted octanol–water partition coefficient (Wildman–Crippen LogP) is 2.27. The van der Waals surface area contributed by atoms with Gasteiger partial charge in [-0.1, -0.05) is 0 Å². The zero-order valence-electron chi connectivity index (χ0n) is 9.99. The molecule has 0 bridgehead atoms. The van der Waals surface area contributed by atoms with Gasteiger partial charge in [0.1, 0.15) is 5.82 Å². The van der Waals surface area contributed by atoms with Gasteiger partial charge in [-0.15, -0.1) is 12.6 Å². The van der Waals surface area contributed by atoms with Crippen LogP contribution in [-0.4, -0.2) is 25.7 Å². The number of amides is 1. The molecule has 98 valence electrons. The Balaban J connectivity index is 1.88. The Morgan fingerprint density at radius 3 is 2.83 bits per heavy atom. The number of carbonyl (C=O) groups excluding carboxylic acids is 1. The molecule has 0 radical (unpaired) electrons. The molecule has 1 amide bonds. The van der Waals surface area contributed by atoms with Crippen molar-refractivity contribution >= 4 is 18.5 Å². The first-order chi connectivity index (χ1) is 8.66. The van der Waals surface area contributed by atoms with Gasteiger partial charge in [0.15, 0.2) is 0 Å². The highest BCUT2D eigenvalue weighted by Gasteiger charge is 2.15. The molecule has 3 nitrogen and oxygen atoms in total. The SMILES string of the molecule is O=C(NCC1CCOCC1)c1ccc(F)c(S)c1. The van der Waals surface area contributed by atoms with Crippen molar-refractivity contribution in [2.24, 2.45) is 5.92 Å². The third kappa shape index (κ3) is 3.46. The van der Waals surface area contributed by atoms with Crippen molar-refractivity contribution in [1.82, 2.24) is 5.32 Å². The smallest absolute Gasteiger partial charge is 0.251 e. The summed E-state index contributed by atoms with van der Waals surface area (Å²) in [6, 6.07) is 4.16. The fourth-order valence-electron chi connectivity index (χ4n) is 1.94. The van der Waals surface area contributed by atoms with E-state index < -0.39 is 5.82 Å². The standard InChI is InChI=1S/C13H16FNO2S/c14-11-2-1-10(7-12(11)18)13(16)15-8-9-3-5-17-6-4-9/h1-2,7,9,18H,3-6,8H2,(H,15,16). The Hall–Kier alpha value is -1.07. The summed E-state index contributed by atoms with van der Waals surface area (Å²) in [6.07, 6.45) is 1.95. The zero-order chi connectivity index (χ0) is 13.0. The number of carbonyl (C=O) groups is 1. The highest BCUT2D eigenvalue weighted by molar-refractivity contribution is 7.80. The lowest BCUT2D eigenvalue weighted by Gasteiger charge is -2.22. The lowest BCUT2D eigenvalue weighted by molar-refractivity contribution is 0.0642. The average molecular weight is 269 g/mol. The van der Waals surface area contributed by atoms with Gasteiger partial charge in [0, 0.05) is 30.2 Å². The number of benzene rings is 1. The monoisotopic (exact) mass is 269 g/mol. The maximum Gasteiger partial charge on any atom is 0.251 e. The van der Waals surface area contributed by atoms with Gasteiger partial charge in [0.05, 0.1) is 0 Å². The Labute approximate surface area is 111 Å². The maximum atomic E-state index is 13.0. The number of rotatable bonds is 3. The largest absolute Gasteiger partial charge is 0.381 e. The van der Waals surface area contributed by atoms with E-state index in [0.29, 0.717) is 18.0 Å². The molecule has 1 fully saturated rings. The number of hydrogen-bond acceptors (Lipinski definition) is 3. The second kappa shape index (κ2) is 6.20. The Bertz CT molecular complexity index is 433. The van der Waals surface area contributed by atoms with Crippen LogP contribution in [0.15, 0.2) is 23.1 Å². The highest BCUT2D eigenvalue weighted by atomic mass is 32.1. The Kier molecular flexibility index (Phi) is 4.60. The summed E-state index contributed by atoms with van der Waals surface area (Å²) in [5.74, 6) is -0.130. The van der Waals surface area contributed by atoms with E-state index in [9.17, 15) is 9.18 Å². The van der Waals surface area contributed by atoms with Crippen molar-refractivity contribution in [3.05, 3.63) is 29.6 Å². The molecule has 1 aliphatic rings. The van der Waals surface area contributed by atoms with Crippen LogP contribution in [0.2, 0.25) is 0 Å². The summed E-state index contributed by atoms with van der Waals surface area (Å²) in [5.41, 5.74) is 0.438. The van der Waals surface area contributed by atoms with Gasteiger partial charge in [-0.05, 0) is 37.0 Å². The van der Waals surface area contributed by atoms with Crippen LogP contribution < -0.4 is 5.32 Å². The van der Waals surface area contributed by atoms with E-state index >= 15 is 0 Å². The van der Waals surface area contributed by atoms with E-state index in [1.165, 1.54) is 18.2 Å². The van der Waals surface area contributed by atoms with Crippen LogP contribution in [-0.2, 0) is 4.74 Å². The van der Waals surface area contributed by atoms with Crippen LogP contribution in [0.1, 0.15) is 23.2 Å². The van der Waals surface area contributed by atoms with Gasteiger partial charge in [0.2, 0.25) is 0 Å². The molecule has 1 aliphatic heterocycles. The van der Waals surface area contributed by atoms with Gasteiger partial charge in [-0.3, -0.25) is 4.79 Å². The lowest BCUT2D eigenvalue weighted by Crippen LogP contribution is -2.32. The molecule has 5 heteroatoms. The number of ether oxygens (including phenoxy) is 1. The molecule has 0 saturated carbocycles. The summed E-state index contributed by atoms with van der Waals surface area (Å²) < 4.78 is 18.3. The molecule has 0 spiro atoms. The predicted molar refractivity (Wildman–Crippen MR) is 69.5 cm³/mol. The molecule has 0 unspecified atom stereocenters. The summed E-state index contributed by atoms with van der Waals surface area (Å²) in [5, 5.41) is 2.86. The second-order valence-corrected chi connectivity index (χ2v) is 4.91. The average Bonchev–Trinajstić information content (AvgIpc) is 2.40. The quantitative estimate of drug-likeness (QED) is 0.826. The van der Waals surface area contributed by atoms with Crippen molar-refractivity contribution in [3.63, 3.8) is 0 Å². The molecule has 1 N–H and O–H groups in total. The summed E-state index contributed by atoms with van der Waals surface area (Å²) >= 11 is 3.96. The molecular formula is C13H16FNO2S. The first-order valence-corrected chi connectivity index (χ1v) is 6.46. The van der Waals surface area contributed by atoms with Gasteiger partial charge in [-0.25, -0.2) is 4.39 Å². The Morgan fingerprint density at radius 1 is 1.44 bits per heavy atom. The molecular weight excluding hydrogens is 253 g/mol. The van der Waals surface area contributed by atoms with E-state index in [1.54, 1.807) is 0 Å². The minimum absolute atomic E-state index is 0.184. The van der Waals surface area contributed by atoms with E-state index in [4.69, 9.17) is 4.74 Å². The fourth-order valence-corrected chi connectivity index (χ4v) is 2.16. The summed E-state index contributed by atoms with van der Waals surface area (Å²) in [6.45, 7) is 2.16. The third-order valence-electron chi connectivity index (χ3n) is 3.10. The molecule has 2 rings (SSSR count). The topological polar surface area (TPSA) is 38.3 Å². The zero-order valence-corrected chi connectivity index (χ0v) is 10.9. The van der Waals surface area contributed by atoms with Crippen LogP contribution in [0.3, 0.4) is 0 Å². The van der Waals surface area contributed by atoms with Crippen LogP contribution in [0, 0.1) is 11.7 Å². The summed E-state index contributed by atoms with van der Waals surface area (Å²) in [7, 11) is 0. The molecule has 0 aliphatic carbocycles. The number of hydrogen-bond donors (Lipinski definition) is 2. The number of halogens is 1. The summed E-state index contributed by atoms with van der Waals surface area (Å²) in [4.78, 5) is 12.0. The molecule has 0 aromatic heterocycles. The molecule has 1 heterocycles. The van der Waals surface area contributed by atoms with Crippen molar-refractivity contribution in [2.45, 2.75) is 17.7 Å². The van der Waals surface area contributed by atoms with E-state index in [-0.39, 0.29) is 10.8 Å². The number of nitrogens with one attached hydrogen (secondary N) is 1. The number of thiol groups is 1. The van der Waals surface area contributed by atoms with E-state index in [0.717, 1.165) is 26.1 Å². The van der Waals surface area contributed by atoms with Crippen LogP contribution in [0.4, 0.5) is 4.39 Å². The van der Waals surface area contributed by atoms with Gasteiger partial charge in [-0.2, -0.15) is 0 Å². The van der Waals surface area contributed by atoms with Crippen molar-refractivity contribution in [1.29, 1.82) is 0 Å². The second-order valence-electron chi connectivity index (χ2n) is 4.43. The van der Waals surface area contributed by atoms with Gasteiger partial charge >= 0.3 is 0 Å². The molecule has 1 aromatic rings. The normalized spacial score (nSPS) is 16.6. The van der Waals surface area contributed by atoms with Crippen LogP contribution in [0.25, 0.3) is 0 Å². The van der Waals surface area contributed by atoms with E-state index in [1.807, 2.05) is 0 Å². The Morgan fingerprint density at radius 2 is 2.17 bits per heavy atom. The van der Waals surface area contributed by atoms with Gasteiger partial charge in [0.25, 0.3) is 5.91 Å². The first-order valence-electron chi connectivity index (χ1n) is 6.01. The minimum atomic E-state index is -0.417. The maximum absolute atomic E-state index is 13.0. The fraction of sp³-hybridized carbons (Fsp3) is 0.462. The minimum Gasteiger partial charge on any atom is -0.381 e. The third-order valence-corrected chi connectivity index (χ3v) is 3.44.